The van der Waals surface area contributed by atoms with Crippen LogP contribution in [0.15, 0.2) is 101 Å². The second-order valence-corrected chi connectivity index (χ2v) is 12.8. The lowest BCUT2D eigenvalue weighted by atomic mass is 9.99. The minimum absolute atomic E-state index is 0.0135. The minimum Gasteiger partial charge on any atom is -0.341 e. The molecule has 1 aromatic heterocycles. The second-order valence-electron chi connectivity index (χ2n) is 9.60. The largest absolute Gasteiger partial charge is 0.341 e. The molecule has 4 aromatic carbocycles. The number of hydrogen-bond donors (Lipinski definition) is 0. The number of Topliss-reactive ketones (excluding diaryl/α,β-unsaturated/α-hetero) is 1. The van der Waals surface area contributed by atoms with E-state index in [1.807, 2.05) is 61.5 Å². The Kier molecular flexibility index (Phi) is 8.82. The molecule has 5 aromatic rings. The molecule has 1 heterocycles. The van der Waals surface area contributed by atoms with Crippen molar-refractivity contribution in [2.45, 2.75) is 24.8 Å². The van der Waals surface area contributed by atoms with Gasteiger partial charge in [0, 0.05) is 67.1 Å². The predicted octanol–water partition coefficient (Wildman–Crippen LogP) is 7.40. The van der Waals surface area contributed by atoms with Crippen molar-refractivity contribution in [3.05, 3.63) is 113 Å². The summed E-state index contributed by atoms with van der Waals surface area (Å²) in [4.78, 5) is 27.8. The molecule has 0 bridgehead atoms. The van der Waals surface area contributed by atoms with Crippen LogP contribution in [0.25, 0.3) is 21.8 Å². The molecular formula is C32H27ClN2O5S2. The number of carbonyl (C=O) groups is 2. The molecule has 10 heteroatoms. The zero-order chi connectivity index (χ0) is 29.9. The van der Waals surface area contributed by atoms with Gasteiger partial charge in [-0.25, -0.2) is 0 Å². The Balaban J connectivity index is 1.51. The Morgan fingerprint density at radius 1 is 0.857 bits per heavy atom. The van der Waals surface area contributed by atoms with Gasteiger partial charge in [-0.2, -0.15) is 8.42 Å². The highest BCUT2D eigenvalue weighted by molar-refractivity contribution is 7.99. The molecule has 0 fully saturated rings. The first-order valence-electron chi connectivity index (χ1n) is 13.2. The Bertz CT molecular complexity index is 1930. The highest BCUT2D eigenvalue weighted by Gasteiger charge is 2.20. The van der Waals surface area contributed by atoms with Crippen LogP contribution >= 0.6 is 23.4 Å². The summed E-state index contributed by atoms with van der Waals surface area (Å²) in [7, 11) is -3.91. The first-order valence-corrected chi connectivity index (χ1v) is 16.4. The lowest BCUT2D eigenvalue weighted by Gasteiger charge is -2.07. The molecule has 7 nitrogen and oxygen atoms in total. The van der Waals surface area contributed by atoms with Crippen molar-refractivity contribution in [2.24, 2.45) is 5.16 Å². The van der Waals surface area contributed by atoms with Crippen LogP contribution in [0.2, 0.25) is 5.02 Å². The lowest BCUT2D eigenvalue weighted by Crippen LogP contribution is -2.17. The monoisotopic (exact) mass is 618 g/mol. The molecular weight excluding hydrogens is 592 g/mol. The van der Waals surface area contributed by atoms with Gasteiger partial charge in [0.05, 0.1) is 6.26 Å². The Morgan fingerprint density at radius 2 is 1.48 bits per heavy atom. The van der Waals surface area contributed by atoms with Gasteiger partial charge >= 0.3 is 10.1 Å². The number of oxime groups is 1. The molecule has 0 radical (unpaired) electrons. The minimum atomic E-state index is -3.91. The third kappa shape index (κ3) is 6.59. The number of aromatic nitrogens is 1. The van der Waals surface area contributed by atoms with Crippen LogP contribution in [-0.4, -0.2) is 42.3 Å². The molecule has 0 saturated heterocycles. The zero-order valence-electron chi connectivity index (χ0n) is 22.9. The molecule has 42 heavy (non-hydrogen) atoms. The molecule has 0 spiro atoms. The molecule has 0 amide bonds. The molecule has 5 rings (SSSR count). The number of hydrogen-bond acceptors (Lipinski definition) is 7. The topological polar surface area (TPSA) is 94.8 Å². The van der Waals surface area contributed by atoms with E-state index in [-0.39, 0.29) is 17.9 Å². The summed E-state index contributed by atoms with van der Waals surface area (Å²) < 4.78 is 30.2. The van der Waals surface area contributed by atoms with Crippen LogP contribution in [0.5, 0.6) is 0 Å². The number of nitrogens with zero attached hydrogens (tertiary/aromatic N) is 2. The fourth-order valence-corrected chi connectivity index (χ4v) is 5.97. The van der Waals surface area contributed by atoms with Gasteiger partial charge in [-0.15, -0.1) is 11.8 Å². The van der Waals surface area contributed by atoms with Gasteiger partial charge in [0.1, 0.15) is 5.71 Å². The number of ketones is 2. The zero-order valence-corrected chi connectivity index (χ0v) is 25.3. The average molecular weight is 619 g/mol. The summed E-state index contributed by atoms with van der Waals surface area (Å²) in [5.74, 6) is -0.0689. The van der Waals surface area contributed by atoms with Gasteiger partial charge in [0.25, 0.3) is 0 Å². The fraction of sp³-hybridized carbons (Fsp3) is 0.156. The summed E-state index contributed by atoms with van der Waals surface area (Å²) in [6, 6.07) is 27.3. The van der Waals surface area contributed by atoms with Gasteiger partial charge < -0.3 is 4.57 Å². The SMILES string of the molecule is CCn1c2ccc(C(=O)/C(CCSc3ccc(Cl)cc3)=N/OS(C)(=O)=O)cc2c2cc(C(=O)c3ccccc3)ccc21. The first-order chi connectivity index (χ1) is 20.1. The van der Waals surface area contributed by atoms with Crippen LogP contribution in [-0.2, 0) is 20.9 Å². The van der Waals surface area contributed by atoms with E-state index >= 15 is 0 Å². The summed E-state index contributed by atoms with van der Waals surface area (Å²) in [5.41, 5.74) is 3.32. The van der Waals surface area contributed by atoms with Crippen molar-refractivity contribution in [3.63, 3.8) is 0 Å². The number of carbonyl (C=O) groups excluding carboxylic acids is 2. The number of rotatable bonds is 11. The molecule has 0 aliphatic carbocycles. The highest BCUT2D eigenvalue weighted by atomic mass is 35.5. The first kappa shape index (κ1) is 29.6. The van der Waals surface area contributed by atoms with E-state index < -0.39 is 15.9 Å². The highest BCUT2D eigenvalue weighted by Crippen LogP contribution is 2.32. The van der Waals surface area contributed by atoms with E-state index in [0.717, 1.165) is 33.0 Å². The lowest BCUT2D eigenvalue weighted by molar-refractivity contribution is 0.103. The van der Waals surface area contributed by atoms with Crippen LogP contribution in [0.4, 0.5) is 0 Å². The summed E-state index contributed by atoms with van der Waals surface area (Å²) >= 11 is 7.45. The van der Waals surface area contributed by atoms with Crippen LogP contribution in [0.3, 0.4) is 0 Å². The van der Waals surface area contributed by atoms with Crippen molar-refractivity contribution >= 4 is 72.6 Å². The quantitative estimate of drug-likeness (QED) is 0.0663. The average Bonchev–Trinajstić information content (AvgIpc) is 3.31. The maximum absolute atomic E-state index is 13.7. The van der Waals surface area contributed by atoms with Gasteiger partial charge in [0.15, 0.2) is 5.78 Å². The molecule has 214 valence electrons. The van der Waals surface area contributed by atoms with Gasteiger partial charge in [-0.05, 0) is 67.6 Å². The van der Waals surface area contributed by atoms with E-state index in [0.29, 0.717) is 34.0 Å². The molecule has 0 saturated carbocycles. The van der Waals surface area contributed by atoms with Crippen LogP contribution < -0.4 is 0 Å². The van der Waals surface area contributed by atoms with Gasteiger partial charge in [0.2, 0.25) is 5.78 Å². The summed E-state index contributed by atoms with van der Waals surface area (Å²) in [6.45, 7) is 2.72. The van der Waals surface area contributed by atoms with Crippen molar-refractivity contribution < 1.29 is 22.3 Å². The third-order valence-electron chi connectivity index (χ3n) is 6.71. The fourth-order valence-electron chi connectivity index (χ4n) is 4.76. The van der Waals surface area contributed by atoms with Gasteiger partial charge in [-0.3, -0.25) is 13.9 Å². The number of fused-ring (bicyclic) bond motifs is 3. The molecule has 0 N–H and O–H groups in total. The molecule has 0 aliphatic rings. The Labute approximate surface area is 253 Å². The van der Waals surface area contributed by atoms with E-state index in [2.05, 4.69) is 14.0 Å². The van der Waals surface area contributed by atoms with E-state index in [9.17, 15) is 18.0 Å². The Hall–Kier alpha value is -3.92. The smallest absolute Gasteiger partial charge is 0.325 e. The van der Waals surface area contributed by atoms with Crippen molar-refractivity contribution in [2.75, 3.05) is 12.0 Å². The normalized spacial score (nSPS) is 12.1. The number of thioether (sulfide) groups is 1. The Morgan fingerprint density at radius 3 is 2.10 bits per heavy atom. The number of aryl methyl sites for hydroxylation is 1. The summed E-state index contributed by atoms with van der Waals surface area (Å²) in [6.07, 6.45) is 1.05. The van der Waals surface area contributed by atoms with Crippen LogP contribution in [0, 0.1) is 0 Å². The van der Waals surface area contributed by atoms with Crippen molar-refractivity contribution in [1.82, 2.24) is 4.57 Å². The van der Waals surface area contributed by atoms with E-state index in [4.69, 9.17) is 11.6 Å². The van der Waals surface area contributed by atoms with E-state index in [1.54, 1.807) is 36.4 Å². The number of benzene rings is 4. The molecule has 0 aliphatic heterocycles. The van der Waals surface area contributed by atoms with Crippen molar-refractivity contribution in [1.29, 1.82) is 0 Å². The second kappa shape index (κ2) is 12.5. The van der Waals surface area contributed by atoms with Crippen molar-refractivity contribution in [3.8, 4) is 0 Å². The van der Waals surface area contributed by atoms with Crippen LogP contribution in [0.1, 0.15) is 39.6 Å². The maximum atomic E-state index is 13.7. The predicted molar refractivity (Wildman–Crippen MR) is 169 cm³/mol. The van der Waals surface area contributed by atoms with Gasteiger partial charge in [-0.1, -0.05) is 47.1 Å². The molecule has 0 atom stereocenters. The summed E-state index contributed by atoms with van der Waals surface area (Å²) in [5, 5.41) is 6.01. The number of halogens is 1. The molecule has 0 unspecified atom stereocenters. The third-order valence-corrected chi connectivity index (χ3v) is 8.32. The van der Waals surface area contributed by atoms with E-state index in [1.165, 1.54) is 11.8 Å². The maximum Gasteiger partial charge on any atom is 0.325 e. The standard InChI is InChI=1S/C32H27ClN2O5S2/c1-3-35-29-15-9-22(31(36)21-7-5-4-6-8-21)19-26(29)27-20-23(10-16-30(27)35)32(37)28(34-40-42(2,38)39)17-18-41-25-13-11-24(33)12-14-25/h4-16,19-20H,3,17-18H2,1-2H3/b34-28+.